The normalized spacial score (nSPS) is 28.1. The smallest absolute Gasteiger partial charge is 0.236 e. The van der Waals surface area contributed by atoms with Gasteiger partial charge in [0.05, 0.1) is 19.8 Å². The van der Waals surface area contributed by atoms with E-state index in [0.29, 0.717) is 25.8 Å². The van der Waals surface area contributed by atoms with Crippen molar-refractivity contribution in [2.75, 3.05) is 52.5 Å². The van der Waals surface area contributed by atoms with Crippen LogP contribution in [0.2, 0.25) is 0 Å². The number of amides is 1. The van der Waals surface area contributed by atoms with Gasteiger partial charge in [-0.15, -0.1) is 0 Å². The summed E-state index contributed by atoms with van der Waals surface area (Å²) in [5.41, 5.74) is 0. The maximum atomic E-state index is 12.0. The lowest BCUT2D eigenvalue weighted by Gasteiger charge is -2.34. The summed E-state index contributed by atoms with van der Waals surface area (Å²) in [6.07, 6.45) is 0. The average Bonchev–Trinajstić information content (AvgIpc) is 2.30. The summed E-state index contributed by atoms with van der Waals surface area (Å²) < 4.78 is 5.24. The molecule has 2 fully saturated rings. The van der Waals surface area contributed by atoms with Crippen molar-refractivity contribution in [3.63, 3.8) is 0 Å². The molecular formula is C11H21N3O2. The van der Waals surface area contributed by atoms with Gasteiger partial charge in [-0.2, -0.15) is 0 Å². The van der Waals surface area contributed by atoms with E-state index in [0.717, 1.165) is 32.7 Å². The lowest BCUT2D eigenvalue weighted by atomic mass is 10.2. The Labute approximate surface area is 96.7 Å². The molecule has 0 saturated carbocycles. The van der Waals surface area contributed by atoms with Gasteiger partial charge in [0.1, 0.15) is 0 Å². The van der Waals surface area contributed by atoms with Gasteiger partial charge in [0.25, 0.3) is 0 Å². The van der Waals surface area contributed by atoms with E-state index in [-0.39, 0.29) is 5.91 Å². The predicted octanol–water partition coefficient (Wildman–Crippen LogP) is -0.861. The maximum Gasteiger partial charge on any atom is 0.236 e. The second-order valence-electron chi connectivity index (χ2n) is 4.58. The highest BCUT2D eigenvalue weighted by Gasteiger charge is 2.22. The van der Waals surface area contributed by atoms with Gasteiger partial charge in [0.2, 0.25) is 5.91 Å². The van der Waals surface area contributed by atoms with Crippen molar-refractivity contribution in [1.29, 1.82) is 0 Å². The first kappa shape index (κ1) is 11.8. The fraction of sp³-hybridized carbons (Fsp3) is 0.909. The Morgan fingerprint density at radius 1 is 1.38 bits per heavy atom. The van der Waals surface area contributed by atoms with Crippen LogP contribution in [0.3, 0.4) is 0 Å². The fourth-order valence-corrected chi connectivity index (χ4v) is 2.26. The summed E-state index contributed by atoms with van der Waals surface area (Å²) in [6.45, 7) is 8.51. The van der Waals surface area contributed by atoms with Crippen molar-refractivity contribution >= 4 is 5.91 Å². The van der Waals surface area contributed by atoms with Crippen molar-refractivity contribution < 1.29 is 9.53 Å². The van der Waals surface area contributed by atoms with E-state index in [2.05, 4.69) is 17.1 Å². The van der Waals surface area contributed by atoms with Crippen molar-refractivity contribution in [2.45, 2.75) is 13.0 Å². The van der Waals surface area contributed by atoms with Crippen LogP contribution in [0.5, 0.6) is 0 Å². The molecule has 2 heterocycles. The highest BCUT2D eigenvalue weighted by molar-refractivity contribution is 5.78. The summed E-state index contributed by atoms with van der Waals surface area (Å²) in [7, 11) is 0. The number of nitrogens with one attached hydrogen (secondary N) is 1. The number of rotatable bonds is 2. The highest BCUT2D eigenvalue weighted by Crippen LogP contribution is 2.02. The third-order valence-corrected chi connectivity index (χ3v) is 3.18. The van der Waals surface area contributed by atoms with Gasteiger partial charge < -0.3 is 15.0 Å². The minimum atomic E-state index is 0.248. The van der Waals surface area contributed by atoms with Crippen molar-refractivity contribution in [1.82, 2.24) is 15.1 Å². The zero-order chi connectivity index (χ0) is 11.4. The molecule has 0 aromatic rings. The maximum absolute atomic E-state index is 12.0. The summed E-state index contributed by atoms with van der Waals surface area (Å²) in [4.78, 5) is 16.1. The molecule has 16 heavy (non-hydrogen) atoms. The molecule has 2 aliphatic rings. The summed E-state index contributed by atoms with van der Waals surface area (Å²) in [5, 5.41) is 3.38. The Hall–Kier alpha value is -0.650. The number of hydrogen-bond donors (Lipinski definition) is 1. The van der Waals surface area contributed by atoms with Crippen LogP contribution in [0.4, 0.5) is 0 Å². The number of carbonyl (C=O) groups is 1. The lowest BCUT2D eigenvalue weighted by Crippen LogP contribution is -2.53. The van der Waals surface area contributed by atoms with Crippen molar-refractivity contribution in [3.8, 4) is 0 Å². The molecule has 1 atom stereocenters. The number of hydrogen-bond acceptors (Lipinski definition) is 4. The quantitative estimate of drug-likeness (QED) is 0.667. The van der Waals surface area contributed by atoms with E-state index < -0.39 is 0 Å². The van der Waals surface area contributed by atoms with Gasteiger partial charge in [-0.25, -0.2) is 0 Å². The second-order valence-corrected chi connectivity index (χ2v) is 4.58. The number of carbonyl (C=O) groups excluding carboxylic acids is 1. The number of nitrogens with zero attached hydrogens (tertiary/aromatic N) is 2. The third-order valence-electron chi connectivity index (χ3n) is 3.18. The van der Waals surface area contributed by atoms with Gasteiger partial charge in [-0.1, -0.05) is 0 Å². The topological polar surface area (TPSA) is 44.8 Å². The minimum Gasteiger partial charge on any atom is -0.378 e. The summed E-state index contributed by atoms with van der Waals surface area (Å²) >= 11 is 0. The van der Waals surface area contributed by atoms with E-state index in [4.69, 9.17) is 4.74 Å². The molecule has 5 heteroatoms. The standard InChI is InChI=1S/C11H21N3O2/c1-10-8-13(3-2-12-10)9-11(15)14-4-6-16-7-5-14/h10,12H,2-9H2,1H3/t10-/m1/s1. The van der Waals surface area contributed by atoms with Crippen LogP contribution < -0.4 is 5.32 Å². The molecule has 0 radical (unpaired) electrons. The molecule has 0 bridgehead atoms. The van der Waals surface area contributed by atoms with E-state index in [1.807, 2.05) is 4.90 Å². The molecule has 0 spiro atoms. The highest BCUT2D eigenvalue weighted by atomic mass is 16.5. The van der Waals surface area contributed by atoms with Crippen LogP contribution in [-0.4, -0.2) is 74.2 Å². The average molecular weight is 227 g/mol. The molecule has 2 saturated heterocycles. The molecule has 0 unspecified atom stereocenters. The first-order valence-electron chi connectivity index (χ1n) is 6.07. The van der Waals surface area contributed by atoms with Crippen LogP contribution in [0.25, 0.3) is 0 Å². The van der Waals surface area contributed by atoms with Crippen LogP contribution in [0.15, 0.2) is 0 Å². The number of piperazine rings is 1. The monoisotopic (exact) mass is 227 g/mol. The predicted molar refractivity (Wildman–Crippen MR) is 61.3 cm³/mol. The first-order valence-corrected chi connectivity index (χ1v) is 6.07. The molecule has 0 aliphatic carbocycles. The van der Waals surface area contributed by atoms with Crippen molar-refractivity contribution in [2.24, 2.45) is 0 Å². The lowest BCUT2D eigenvalue weighted by molar-refractivity contribution is -0.136. The summed E-state index contributed by atoms with van der Waals surface area (Å²) in [5.74, 6) is 0.248. The van der Waals surface area contributed by atoms with Gasteiger partial charge in [0, 0.05) is 38.8 Å². The van der Waals surface area contributed by atoms with Gasteiger partial charge in [-0.05, 0) is 6.92 Å². The largest absolute Gasteiger partial charge is 0.378 e. The molecular weight excluding hydrogens is 206 g/mol. The molecule has 5 nitrogen and oxygen atoms in total. The molecule has 0 aromatic carbocycles. The van der Waals surface area contributed by atoms with Crippen LogP contribution in [0, 0.1) is 0 Å². The van der Waals surface area contributed by atoms with Crippen molar-refractivity contribution in [3.05, 3.63) is 0 Å². The molecule has 0 aromatic heterocycles. The molecule has 1 N–H and O–H groups in total. The van der Waals surface area contributed by atoms with E-state index in [1.165, 1.54) is 0 Å². The molecule has 2 rings (SSSR count). The molecule has 2 aliphatic heterocycles. The summed E-state index contributed by atoms with van der Waals surface area (Å²) in [6, 6.07) is 0.492. The fourth-order valence-electron chi connectivity index (χ4n) is 2.26. The first-order chi connectivity index (χ1) is 7.75. The SMILES string of the molecule is C[C@@H]1CN(CC(=O)N2CCOCC2)CCN1. The van der Waals surface area contributed by atoms with Crippen LogP contribution >= 0.6 is 0 Å². The van der Waals surface area contributed by atoms with E-state index >= 15 is 0 Å². The Kier molecular flexibility index (Phi) is 4.15. The van der Waals surface area contributed by atoms with Gasteiger partial charge >= 0.3 is 0 Å². The Bertz CT molecular complexity index is 241. The third kappa shape index (κ3) is 3.17. The minimum absolute atomic E-state index is 0.248. The molecule has 92 valence electrons. The van der Waals surface area contributed by atoms with E-state index in [1.54, 1.807) is 0 Å². The zero-order valence-corrected chi connectivity index (χ0v) is 9.95. The Morgan fingerprint density at radius 2 is 2.12 bits per heavy atom. The number of ether oxygens (including phenoxy) is 1. The number of morpholine rings is 1. The molecule has 1 amide bonds. The zero-order valence-electron chi connectivity index (χ0n) is 9.95. The van der Waals surface area contributed by atoms with Crippen LogP contribution in [-0.2, 0) is 9.53 Å². The van der Waals surface area contributed by atoms with E-state index in [9.17, 15) is 4.79 Å². The van der Waals surface area contributed by atoms with Crippen LogP contribution in [0.1, 0.15) is 6.92 Å². The Morgan fingerprint density at radius 3 is 2.81 bits per heavy atom. The second kappa shape index (κ2) is 5.61. The van der Waals surface area contributed by atoms with Gasteiger partial charge in [-0.3, -0.25) is 9.69 Å². The van der Waals surface area contributed by atoms with Gasteiger partial charge in [0.15, 0.2) is 0 Å². The Balaban J connectivity index is 1.77.